The first kappa shape index (κ1) is 68.9. The fourth-order valence-electron chi connectivity index (χ4n) is 13.0. The van der Waals surface area contributed by atoms with E-state index in [9.17, 15) is 19.2 Å². The van der Waals surface area contributed by atoms with Crippen LogP contribution >= 0.6 is 11.8 Å². The highest BCUT2D eigenvalue weighted by Gasteiger charge is 2.32. The van der Waals surface area contributed by atoms with E-state index in [4.69, 9.17) is 33.2 Å². The Labute approximate surface area is 620 Å². The first-order valence-electron chi connectivity index (χ1n) is 34.6. The number of amides is 1. The molecule has 0 fully saturated rings. The summed E-state index contributed by atoms with van der Waals surface area (Å²) in [6.45, 7) is 8.58. The lowest BCUT2D eigenvalue weighted by Crippen LogP contribution is -2.24. The molecule has 9 aromatic carbocycles. The quantitative estimate of drug-likeness (QED) is 0.107. The van der Waals surface area contributed by atoms with Gasteiger partial charge < -0.3 is 52.2 Å². The smallest absolute Gasteiger partial charge is 0.412 e. The summed E-state index contributed by atoms with van der Waals surface area (Å²) in [4.78, 5) is 54.4. The first-order valence-corrected chi connectivity index (χ1v) is 35.4. The van der Waals surface area contributed by atoms with Crippen LogP contribution in [0, 0.1) is 6.92 Å². The number of nitrogens with zero attached hydrogens (tertiary/aromatic N) is 5. The Morgan fingerprint density at radius 3 is 1.41 bits per heavy atom. The number of ether oxygens (including phenoxy) is 7. The number of pyridine rings is 1. The Hall–Kier alpha value is -13.8. The van der Waals surface area contributed by atoms with E-state index >= 15 is 0 Å². The van der Waals surface area contributed by atoms with E-state index in [1.807, 2.05) is 289 Å². The Balaban J connectivity index is 0.000000114. The van der Waals surface area contributed by atoms with Crippen LogP contribution in [0.3, 0.4) is 0 Å². The Morgan fingerprint density at radius 1 is 0.393 bits per heavy atom. The van der Waals surface area contributed by atoms with Crippen molar-refractivity contribution in [3.8, 4) is 40.1 Å². The average Bonchev–Trinajstić information content (AvgIpc) is 1.67. The molecule has 17 nitrogen and oxygen atoms in total. The maximum atomic E-state index is 12.2. The van der Waals surface area contributed by atoms with Crippen LogP contribution in [-0.4, -0.2) is 53.8 Å². The fraction of sp³-hybridized carbons (Fsp3) is 0.0674. The third-order valence-electron chi connectivity index (χ3n) is 17.6. The van der Waals surface area contributed by atoms with Gasteiger partial charge in [0.05, 0.1) is 44.7 Å². The van der Waals surface area contributed by atoms with E-state index in [0.29, 0.717) is 75.6 Å². The third kappa shape index (κ3) is 14.3. The molecule has 107 heavy (non-hydrogen) atoms. The van der Waals surface area contributed by atoms with Crippen molar-refractivity contribution in [2.45, 2.75) is 39.5 Å². The van der Waals surface area contributed by atoms with Crippen LogP contribution in [-0.2, 0) is 33.3 Å². The lowest BCUT2D eigenvalue weighted by molar-refractivity contribution is -0.135. The summed E-state index contributed by atoms with van der Waals surface area (Å²) in [5, 5.41) is 7.04. The number of hydrogen-bond acceptors (Lipinski definition) is 13. The molecule has 18 rings (SSSR count). The van der Waals surface area contributed by atoms with Crippen LogP contribution in [0.5, 0.6) is 17.2 Å². The molecule has 0 bridgehead atoms. The van der Waals surface area contributed by atoms with E-state index in [1.165, 1.54) is 20.8 Å². The zero-order valence-corrected chi connectivity index (χ0v) is 59.5. The Bertz CT molecular complexity index is 5690. The fourth-order valence-corrected chi connectivity index (χ4v) is 14.2. The van der Waals surface area contributed by atoms with Gasteiger partial charge in [-0.25, -0.2) is 9.78 Å². The maximum absolute atomic E-state index is 12.2. The number of benzene rings is 9. The molecule has 0 radical (unpaired) electrons. The number of para-hydroxylation sites is 5. The molecule has 4 aliphatic heterocycles. The molecular formula is C89H68N6O11S. The van der Waals surface area contributed by atoms with E-state index in [-0.39, 0.29) is 11.9 Å². The second-order valence-corrected chi connectivity index (χ2v) is 25.9. The second kappa shape index (κ2) is 30.6. The van der Waals surface area contributed by atoms with Gasteiger partial charge in [-0.3, -0.25) is 19.0 Å². The van der Waals surface area contributed by atoms with Crippen LogP contribution < -0.4 is 19.5 Å². The number of aromatic nitrogens is 5. The number of fused-ring (bicyclic) bond motifs is 14. The summed E-state index contributed by atoms with van der Waals surface area (Å²) in [5.74, 6) is 4.77. The SMILES string of the molecule is CC(=O)OC1=C(c2ccc(C)cc2)Oc2ccccc2-n2cccc21.CC(=O)OC1=C(c2cccc3ccccc23)Oc2cccnc2-n2cccc21.CC(=O)OC1=C(c2cccc3ccccc23)Sc2ccccc2-n2cccc21.CCNC(=O)OC1=C(c2ccccc2)Oc2ccccc2-n2cccc21. The summed E-state index contributed by atoms with van der Waals surface area (Å²) in [6, 6.07) is 88.9. The summed E-state index contributed by atoms with van der Waals surface area (Å²) in [6.07, 6.45) is 8.93. The van der Waals surface area contributed by atoms with Gasteiger partial charge in [-0.05, 0) is 132 Å². The van der Waals surface area contributed by atoms with E-state index in [1.54, 1.807) is 18.0 Å². The number of esters is 3. The number of alkyl carbamates (subject to hydrolysis) is 1. The van der Waals surface area contributed by atoms with Crippen molar-refractivity contribution in [3.05, 3.63) is 355 Å². The van der Waals surface area contributed by atoms with Gasteiger partial charge in [-0.2, -0.15) is 0 Å². The lowest BCUT2D eigenvalue weighted by atomic mass is 10.0. The number of carbonyl (C=O) groups is 4. The summed E-state index contributed by atoms with van der Waals surface area (Å²) in [5.41, 5.74) is 10.7. The number of aryl methyl sites for hydroxylation is 1. The summed E-state index contributed by atoms with van der Waals surface area (Å²) >= 11 is 1.64. The van der Waals surface area contributed by atoms with Gasteiger partial charge in [-0.1, -0.05) is 193 Å². The molecule has 18 heteroatoms. The zero-order valence-electron chi connectivity index (χ0n) is 58.7. The minimum absolute atomic E-state index is 0.327. The number of nitrogens with one attached hydrogen (secondary N) is 1. The van der Waals surface area contributed by atoms with Crippen LogP contribution in [0.1, 0.15) is 78.3 Å². The molecule has 0 spiro atoms. The topological polar surface area (TPSA) is 178 Å². The first-order chi connectivity index (χ1) is 52.3. The number of hydrogen-bond donors (Lipinski definition) is 1. The number of thioether (sulfide) groups is 1. The molecule has 14 aromatic rings. The van der Waals surface area contributed by atoms with Gasteiger partial charge in [0, 0.05) is 85.4 Å². The highest BCUT2D eigenvalue weighted by atomic mass is 32.2. The minimum atomic E-state index is -0.516. The van der Waals surface area contributed by atoms with Gasteiger partial charge in [0.2, 0.25) is 0 Å². The second-order valence-electron chi connectivity index (χ2n) is 24.8. The van der Waals surface area contributed by atoms with Crippen LogP contribution in [0.15, 0.2) is 309 Å². The van der Waals surface area contributed by atoms with Crippen LogP contribution in [0.2, 0.25) is 0 Å². The van der Waals surface area contributed by atoms with Gasteiger partial charge in [0.15, 0.2) is 63.4 Å². The molecule has 0 unspecified atom stereocenters. The molecule has 526 valence electrons. The Morgan fingerprint density at radius 2 is 0.822 bits per heavy atom. The molecule has 0 saturated carbocycles. The number of carbonyl (C=O) groups excluding carboxylic acids is 4. The van der Waals surface area contributed by atoms with Gasteiger partial charge >= 0.3 is 24.0 Å². The lowest BCUT2D eigenvalue weighted by Gasteiger charge is -2.15. The van der Waals surface area contributed by atoms with Gasteiger partial charge in [0.25, 0.3) is 0 Å². The molecular weight excluding hydrogens is 1360 g/mol. The molecule has 9 heterocycles. The van der Waals surface area contributed by atoms with Crippen molar-refractivity contribution in [2.75, 3.05) is 6.54 Å². The van der Waals surface area contributed by atoms with Crippen molar-refractivity contribution in [1.29, 1.82) is 0 Å². The predicted molar refractivity (Wildman–Crippen MR) is 417 cm³/mol. The molecule has 4 aliphatic rings. The monoisotopic (exact) mass is 1430 g/mol. The van der Waals surface area contributed by atoms with Crippen molar-refractivity contribution in [1.82, 2.24) is 28.6 Å². The zero-order chi connectivity index (χ0) is 73.5. The van der Waals surface area contributed by atoms with Gasteiger partial charge in [0.1, 0.15) is 0 Å². The van der Waals surface area contributed by atoms with Crippen molar-refractivity contribution < 1.29 is 52.3 Å². The largest absolute Gasteiger partial charge is 0.451 e. The normalized spacial score (nSPS) is 12.8. The average molecular weight is 1430 g/mol. The predicted octanol–water partition coefficient (Wildman–Crippen LogP) is 19.9. The molecule has 1 N–H and O–H groups in total. The van der Waals surface area contributed by atoms with E-state index in [2.05, 4.69) is 51.3 Å². The van der Waals surface area contributed by atoms with Crippen LogP contribution in [0.25, 0.3) is 89.6 Å². The van der Waals surface area contributed by atoms with Gasteiger partial charge in [-0.15, -0.1) is 0 Å². The standard InChI is InChI=1S/C24H17NO2S.C23H16N2O3.C21H18N2O3.C21H17NO3/c1-16(26)27-23-21-13-7-15-25(21)20-12-4-5-14-22(20)28-24(23)19-11-6-9-17-8-2-3-10-18(17)19;1-15(26)27-22-19-11-6-14-25(19)23-20(12-5-13-24-23)28-21(22)18-10-4-8-16-7-2-3-9-17(16)18;1-2-22-21(24)26-20-17-12-8-14-23(17)16-11-6-7-13-18(16)25-19(20)15-9-4-3-5-10-15;1-14-9-11-16(12-10-14)20-21(24-15(2)23)18-7-5-13-22(18)17-6-3-4-8-19(17)25-20/h2-15H,1H3;2-14H,1H3;3-14H,2H2,1H3,(H,22,24);3-13H,1-2H3. The molecule has 0 atom stereocenters. The molecule has 0 aliphatic carbocycles. The Kier molecular flexibility index (Phi) is 19.7. The van der Waals surface area contributed by atoms with E-state index in [0.717, 1.165) is 93.3 Å². The highest BCUT2D eigenvalue weighted by Crippen LogP contribution is 2.49. The maximum Gasteiger partial charge on any atom is 0.412 e. The van der Waals surface area contributed by atoms with E-state index < -0.39 is 12.1 Å². The van der Waals surface area contributed by atoms with Crippen LogP contribution in [0.4, 0.5) is 4.79 Å². The minimum Gasteiger partial charge on any atom is -0.451 e. The van der Waals surface area contributed by atoms with Crippen molar-refractivity contribution >= 4 is 103 Å². The summed E-state index contributed by atoms with van der Waals surface area (Å²) < 4.78 is 49.4. The van der Waals surface area contributed by atoms with Crippen molar-refractivity contribution in [3.63, 3.8) is 0 Å². The van der Waals surface area contributed by atoms with Crippen molar-refractivity contribution in [2.24, 2.45) is 0 Å². The molecule has 5 aromatic heterocycles. The summed E-state index contributed by atoms with van der Waals surface area (Å²) in [7, 11) is 0. The molecule has 0 saturated heterocycles. The third-order valence-corrected chi connectivity index (χ3v) is 18.8. The number of rotatable bonds is 9. The highest BCUT2D eigenvalue weighted by molar-refractivity contribution is 8.08. The molecule has 1 amide bonds.